The van der Waals surface area contributed by atoms with E-state index in [9.17, 15) is 5.11 Å². The number of nitrogens with zero attached hydrogens (tertiary/aromatic N) is 1. The lowest BCUT2D eigenvalue weighted by atomic mass is 10.1. The molecule has 1 N–H and O–H groups in total. The maximum atomic E-state index is 9.84. The summed E-state index contributed by atoms with van der Waals surface area (Å²) in [5.41, 5.74) is 3.94. The molecule has 0 aliphatic heterocycles. The Hall–Kier alpha value is -2.31. The van der Waals surface area contributed by atoms with E-state index in [0.29, 0.717) is 16.9 Å². The second kappa shape index (κ2) is 5.59. The molecular weight excluding hydrogens is 262 g/mol. The van der Waals surface area contributed by atoms with E-state index in [1.807, 2.05) is 6.07 Å². The molecule has 0 bridgehead atoms. The SMILES string of the molecule is C[C@H](O)c1ccc(C#N)cc1Oc1ccc2c(c1)CCC2. The number of hydrogen-bond donors (Lipinski definition) is 1. The lowest BCUT2D eigenvalue weighted by Crippen LogP contribution is -1.97. The first kappa shape index (κ1) is 13.7. The molecule has 0 saturated carbocycles. The van der Waals surface area contributed by atoms with Gasteiger partial charge >= 0.3 is 0 Å². The summed E-state index contributed by atoms with van der Waals surface area (Å²) in [5.74, 6) is 1.30. The van der Waals surface area contributed by atoms with Crippen molar-refractivity contribution in [2.45, 2.75) is 32.3 Å². The highest BCUT2D eigenvalue weighted by atomic mass is 16.5. The van der Waals surface area contributed by atoms with Crippen molar-refractivity contribution in [1.82, 2.24) is 0 Å². The average Bonchev–Trinajstić information content (AvgIpc) is 2.94. The number of rotatable bonds is 3. The van der Waals surface area contributed by atoms with E-state index in [2.05, 4.69) is 18.2 Å². The number of aliphatic hydroxyl groups is 1. The first-order valence-corrected chi connectivity index (χ1v) is 7.19. The van der Waals surface area contributed by atoms with Crippen LogP contribution in [0.15, 0.2) is 36.4 Å². The van der Waals surface area contributed by atoms with Gasteiger partial charge in [0.2, 0.25) is 0 Å². The minimum Gasteiger partial charge on any atom is -0.457 e. The van der Waals surface area contributed by atoms with Crippen molar-refractivity contribution in [2.75, 3.05) is 0 Å². The van der Waals surface area contributed by atoms with E-state index >= 15 is 0 Å². The van der Waals surface area contributed by atoms with Crippen LogP contribution in [0.4, 0.5) is 0 Å². The van der Waals surface area contributed by atoms with Gasteiger partial charge in [0.1, 0.15) is 11.5 Å². The summed E-state index contributed by atoms with van der Waals surface area (Å²) in [6, 6.07) is 13.3. The Kier molecular flexibility index (Phi) is 3.64. The summed E-state index contributed by atoms with van der Waals surface area (Å²) >= 11 is 0. The van der Waals surface area contributed by atoms with Gasteiger partial charge in [0, 0.05) is 5.56 Å². The Bertz CT molecular complexity index is 714. The molecule has 3 heteroatoms. The lowest BCUT2D eigenvalue weighted by molar-refractivity contribution is 0.195. The first-order valence-electron chi connectivity index (χ1n) is 7.19. The van der Waals surface area contributed by atoms with Crippen LogP contribution in [0.2, 0.25) is 0 Å². The van der Waals surface area contributed by atoms with E-state index < -0.39 is 6.10 Å². The second-order valence-electron chi connectivity index (χ2n) is 5.43. The quantitative estimate of drug-likeness (QED) is 0.927. The van der Waals surface area contributed by atoms with Crippen molar-refractivity contribution in [3.63, 3.8) is 0 Å². The number of ether oxygens (including phenoxy) is 1. The number of hydrogen-bond acceptors (Lipinski definition) is 3. The van der Waals surface area contributed by atoms with Crippen LogP contribution in [-0.4, -0.2) is 5.11 Å². The summed E-state index contributed by atoms with van der Waals surface area (Å²) in [6.45, 7) is 1.69. The molecule has 1 atom stereocenters. The zero-order chi connectivity index (χ0) is 14.8. The van der Waals surface area contributed by atoms with E-state index in [-0.39, 0.29) is 0 Å². The number of benzene rings is 2. The molecule has 0 saturated heterocycles. The van der Waals surface area contributed by atoms with Crippen LogP contribution < -0.4 is 4.74 Å². The van der Waals surface area contributed by atoms with Crippen molar-refractivity contribution in [3.8, 4) is 17.6 Å². The monoisotopic (exact) mass is 279 g/mol. The third-order valence-corrected chi connectivity index (χ3v) is 3.89. The Morgan fingerprint density at radius 1 is 1.14 bits per heavy atom. The normalized spacial score (nSPS) is 14.3. The predicted molar refractivity (Wildman–Crippen MR) is 80.3 cm³/mol. The molecule has 106 valence electrons. The highest BCUT2D eigenvalue weighted by molar-refractivity contribution is 5.47. The zero-order valence-electron chi connectivity index (χ0n) is 12.0. The number of nitriles is 1. The van der Waals surface area contributed by atoms with Crippen LogP contribution in [0, 0.1) is 11.3 Å². The molecule has 2 aromatic rings. The van der Waals surface area contributed by atoms with Gasteiger partial charge < -0.3 is 9.84 Å². The van der Waals surface area contributed by atoms with Crippen LogP contribution in [-0.2, 0) is 12.8 Å². The Balaban J connectivity index is 1.95. The molecule has 3 nitrogen and oxygen atoms in total. The molecule has 2 aromatic carbocycles. The van der Waals surface area contributed by atoms with Crippen molar-refractivity contribution >= 4 is 0 Å². The van der Waals surface area contributed by atoms with Gasteiger partial charge in [-0.1, -0.05) is 12.1 Å². The van der Waals surface area contributed by atoms with Gasteiger partial charge in [-0.3, -0.25) is 0 Å². The topological polar surface area (TPSA) is 53.2 Å². The van der Waals surface area contributed by atoms with E-state index in [1.54, 1.807) is 25.1 Å². The molecule has 21 heavy (non-hydrogen) atoms. The average molecular weight is 279 g/mol. The van der Waals surface area contributed by atoms with Crippen molar-refractivity contribution in [1.29, 1.82) is 5.26 Å². The Labute approximate surface area is 124 Å². The second-order valence-corrected chi connectivity index (χ2v) is 5.43. The first-order chi connectivity index (χ1) is 10.2. The fourth-order valence-electron chi connectivity index (χ4n) is 2.78. The summed E-state index contributed by atoms with van der Waals surface area (Å²) in [5, 5.41) is 18.9. The fraction of sp³-hybridized carbons (Fsp3) is 0.278. The van der Waals surface area contributed by atoms with Gasteiger partial charge in [-0.2, -0.15) is 5.26 Å². The summed E-state index contributed by atoms with van der Waals surface area (Å²) in [6.07, 6.45) is 2.79. The molecule has 0 aromatic heterocycles. The van der Waals surface area contributed by atoms with Crippen LogP contribution in [0.3, 0.4) is 0 Å². The zero-order valence-corrected chi connectivity index (χ0v) is 12.0. The lowest BCUT2D eigenvalue weighted by Gasteiger charge is -2.14. The molecule has 0 amide bonds. The molecule has 1 aliphatic carbocycles. The minimum absolute atomic E-state index is 0.524. The highest BCUT2D eigenvalue weighted by Crippen LogP contribution is 2.33. The van der Waals surface area contributed by atoms with Gasteiger partial charge in [-0.15, -0.1) is 0 Å². The Morgan fingerprint density at radius 3 is 2.71 bits per heavy atom. The van der Waals surface area contributed by atoms with Crippen LogP contribution in [0.5, 0.6) is 11.5 Å². The summed E-state index contributed by atoms with van der Waals surface area (Å²) < 4.78 is 5.93. The van der Waals surface area contributed by atoms with Crippen molar-refractivity contribution in [2.24, 2.45) is 0 Å². The van der Waals surface area contributed by atoms with Gasteiger partial charge in [-0.05, 0) is 61.6 Å². The third kappa shape index (κ3) is 2.76. The third-order valence-electron chi connectivity index (χ3n) is 3.89. The van der Waals surface area contributed by atoms with Crippen molar-refractivity contribution in [3.05, 3.63) is 58.7 Å². The van der Waals surface area contributed by atoms with Gasteiger partial charge in [0.25, 0.3) is 0 Å². The molecule has 3 rings (SSSR count). The molecule has 0 fully saturated rings. The van der Waals surface area contributed by atoms with E-state index in [4.69, 9.17) is 10.00 Å². The summed E-state index contributed by atoms with van der Waals surface area (Å²) in [4.78, 5) is 0. The maximum Gasteiger partial charge on any atom is 0.134 e. The number of fused-ring (bicyclic) bond motifs is 1. The van der Waals surface area contributed by atoms with Gasteiger partial charge in [-0.25, -0.2) is 0 Å². The van der Waals surface area contributed by atoms with E-state index in [1.165, 1.54) is 17.5 Å². The van der Waals surface area contributed by atoms with E-state index in [0.717, 1.165) is 18.6 Å². The molecule has 1 aliphatic rings. The van der Waals surface area contributed by atoms with Gasteiger partial charge in [0.15, 0.2) is 0 Å². The Morgan fingerprint density at radius 2 is 1.95 bits per heavy atom. The molecule has 0 heterocycles. The van der Waals surface area contributed by atoms with Gasteiger partial charge in [0.05, 0.1) is 17.7 Å². The fourth-order valence-corrected chi connectivity index (χ4v) is 2.78. The minimum atomic E-state index is -0.637. The smallest absolute Gasteiger partial charge is 0.134 e. The van der Waals surface area contributed by atoms with Crippen LogP contribution in [0.25, 0.3) is 0 Å². The standard InChI is InChI=1S/C18H17NO2/c1-12(20)17-8-5-13(11-19)9-18(17)21-16-7-6-14-3-2-4-15(14)10-16/h5-10,12,20H,2-4H2,1H3/t12-/m0/s1. The van der Waals surface area contributed by atoms with Crippen molar-refractivity contribution < 1.29 is 9.84 Å². The number of aryl methyl sites for hydroxylation is 2. The highest BCUT2D eigenvalue weighted by Gasteiger charge is 2.14. The molecule has 0 unspecified atom stereocenters. The van der Waals surface area contributed by atoms with Crippen LogP contribution in [0.1, 0.15) is 41.7 Å². The number of aliphatic hydroxyl groups excluding tert-OH is 1. The van der Waals surface area contributed by atoms with Crippen LogP contribution >= 0.6 is 0 Å². The summed E-state index contributed by atoms with van der Waals surface area (Å²) in [7, 11) is 0. The molecule has 0 spiro atoms. The largest absolute Gasteiger partial charge is 0.457 e. The molecular formula is C18H17NO2. The maximum absolute atomic E-state index is 9.84. The predicted octanol–water partition coefficient (Wildman–Crippen LogP) is 3.89. The molecule has 0 radical (unpaired) electrons.